The number of amides is 1. The van der Waals surface area contributed by atoms with Crippen LogP contribution < -0.4 is 5.32 Å². The zero-order valence-corrected chi connectivity index (χ0v) is 15.1. The minimum absolute atomic E-state index is 0.153. The van der Waals surface area contributed by atoms with Crippen LogP contribution in [0.1, 0.15) is 24.3 Å². The molecule has 2 fully saturated rings. The highest BCUT2D eigenvalue weighted by Gasteiger charge is 2.25. The Kier molecular flexibility index (Phi) is 4.99. The molecule has 1 aromatic heterocycles. The van der Waals surface area contributed by atoms with Crippen LogP contribution in [-0.4, -0.2) is 64.7 Å². The fourth-order valence-electron chi connectivity index (χ4n) is 3.21. The molecule has 1 N–H and O–H groups in total. The van der Waals surface area contributed by atoms with E-state index in [2.05, 4.69) is 25.3 Å². The fourth-order valence-corrected chi connectivity index (χ4v) is 3.21. The van der Waals surface area contributed by atoms with Crippen molar-refractivity contribution in [2.45, 2.75) is 32.4 Å². The third-order valence-corrected chi connectivity index (χ3v) is 4.87. The number of benzene rings is 1. The quantitative estimate of drug-likeness (QED) is 0.845. The van der Waals surface area contributed by atoms with Gasteiger partial charge in [0.15, 0.2) is 0 Å². The number of hydrogen-bond acceptors (Lipinski definition) is 6. The van der Waals surface area contributed by atoms with Crippen LogP contribution in [0.3, 0.4) is 0 Å². The van der Waals surface area contributed by atoms with Crippen LogP contribution >= 0.6 is 0 Å². The second-order valence-electron chi connectivity index (χ2n) is 7.26. The molecule has 7 nitrogen and oxygen atoms in total. The summed E-state index contributed by atoms with van der Waals surface area (Å²) in [5.41, 5.74) is 2.12. The van der Waals surface area contributed by atoms with Gasteiger partial charge in [-0.15, -0.1) is 10.2 Å². The molecule has 0 atom stereocenters. The Bertz CT molecular complexity index is 763. The van der Waals surface area contributed by atoms with Crippen LogP contribution in [0.15, 0.2) is 28.7 Å². The topological polar surface area (TPSA) is 74.5 Å². The molecule has 0 unspecified atom stereocenters. The first-order valence-corrected chi connectivity index (χ1v) is 9.29. The summed E-state index contributed by atoms with van der Waals surface area (Å²) in [7, 11) is 0. The monoisotopic (exact) mass is 355 g/mol. The molecule has 26 heavy (non-hydrogen) atoms. The molecule has 0 radical (unpaired) electrons. The molecule has 0 spiro atoms. The normalized spacial score (nSPS) is 18.8. The molecular weight excluding hydrogens is 330 g/mol. The predicted octanol–water partition coefficient (Wildman–Crippen LogP) is 1.44. The molecule has 2 aliphatic rings. The van der Waals surface area contributed by atoms with Gasteiger partial charge in [-0.3, -0.25) is 14.6 Å². The number of rotatable bonds is 6. The van der Waals surface area contributed by atoms with E-state index in [4.69, 9.17) is 4.42 Å². The lowest BCUT2D eigenvalue weighted by Crippen LogP contribution is -2.49. The summed E-state index contributed by atoms with van der Waals surface area (Å²) < 4.78 is 5.83. The largest absolute Gasteiger partial charge is 0.419 e. The Morgan fingerprint density at radius 2 is 1.96 bits per heavy atom. The third kappa shape index (κ3) is 4.47. The summed E-state index contributed by atoms with van der Waals surface area (Å²) in [4.78, 5) is 16.4. The van der Waals surface area contributed by atoms with E-state index >= 15 is 0 Å². The van der Waals surface area contributed by atoms with Crippen LogP contribution in [-0.2, 0) is 11.3 Å². The molecule has 1 saturated carbocycles. The molecule has 1 amide bonds. The maximum Gasteiger partial charge on any atom is 0.247 e. The smallest absolute Gasteiger partial charge is 0.247 e. The first-order chi connectivity index (χ1) is 12.7. The Morgan fingerprint density at radius 1 is 1.19 bits per heavy atom. The molecule has 4 rings (SSSR count). The van der Waals surface area contributed by atoms with Gasteiger partial charge >= 0.3 is 0 Å². The maximum absolute atomic E-state index is 11.9. The van der Waals surface area contributed by atoms with Gasteiger partial charge in [0.25, 0.3) is 0 Å². The van der Waals surface area contributed by atoms with Gasteiger partial charge in [-0.25, -0.2) is 0 Å². The molecule has 2 aromatic rings. The zero-order chi connectivity index (χ0) is 17.9. The van der Waals surface area contributed by atoms with E-state index in [0.717, 1.165) is 44.6 Å². The van der Waals surface area contributed by atoms with Gasteiger partial charge in [0.05, 0.1) is 13.1 Å². The van der Waals surface area contributed by atoms with E-state index in [-0.39, 0.29) is 5.91 Å². The van der Waals surface area contributed by atoms with Crippen molar-refractivity contribution in [1.29, 1.82) is 0 Å². The van der Waals surface area contributed by atoms with Gasteiger partial charge in [-0.05, 0) is 31.9 Å². The molecule has 1 saturated heterocycles. The zero-order valence-electron chi connectivity index (χ0n) is 15.1. The van der Waals surface area contributed by atoms with Gasteiger partial charge in [0.2, 0.25) is 17.7 Å². The fraction of sp³-hybridized carbons (Fsp3) is 0.526. The number of carbonyl (C=O) groups is 1. The van der Waals surface area contributed by atoms with E-state index in [1.54, 1.807) is 0 Å². The highest BCUT2D eigenvalue weighted by molar-refractivity contribution is 5.78. The minimum Gasteiger partial charge on any atom is -0.419 e. The Hall–Kier alpha value is -2.25. The molecule has 2 heterocycles. The highest BCUT2D eigenvalue weighted by Crippen LogP contribution is 2.20. The molecule has 1 aliphatic heterocycles. The van der Waals surface area contributed by atoms with Gasteiger partial charge < -0.3 is 9.73 Å². The van der Waals surface area contributed by atoms with Crippen molar-refractivity contribution in [3.05, 3.63) is 35.7 Å². The van der Waals surface area contributed by atoms with Crippen LogP contribution in [0.25, 0.3) is 11.5 Å². The standard InChI is InChI=1S/C19H25N5O2/c1-14-3-2-4-15(11-14)19-22-21-18(26-19)13-24-9-7-23(8-10-24)12-17(25)20-16-5-6-16/h2-4,11,16H,5-10,12-13H2,1H3,(H,20,25). The first kappa shape index (κ1) is 17.2. The average molecular weight is 355 g/mol. The minimum atomic E-state index is 0.153. The number of hydrogen-bond donors (Lipinski definition) is 1. The van der Waals surface area contributed by atoms with Crippen LogP contribution in [0.5, 0.6) is 0 Å². The molecular formula is C19H25N5O2. The predicted molar refractivity (Wildman–Crippen MR) is 97.4 cm³/mol. The van der Waals surface area contributed by atoms with Crippen LogP contribution in [0.2, 0.25) is 0 Å². The number of aromatic nitrogens is 2. The second-order valence-corrected chi connectivity index (χ2v) is 7.26. The molecule has 7 heteroatoms. The van der Waals surface area contributed by atoms with Gasteiger partial charge in [-0.1, -0.05) is 17.7 Å². The van der Waals surface area contributed by atoms with Crippen molar-refractivity contribution >= 4 is 5.91 Å². The Morgan fingerprint density at radius 3 is 2.69 bits per heavy atom. The number of piperazine rings is 1. The highest BCUT2D eigenvalue weighted by atomic mass is 16.4. The third-order valence-electron chi connectivity index (χ3n) is 4.87. The number of aryl methyl sites for hydroxylation is 1. The SMILES string of the molecule is Cc1cccc(-c2nnc(CN3CCN(CC(=O)NC4CC4)CC3)o2)c1. The van der Waals surface area contributed by atoms with Gasteiger partial charge in [-0.2, -0.15) is 0 Å². The maximum atomic E-state index is 11.9. The average Bonchev–Trinajstić information content (AvgIpc) is 3.31. The molecule has 1 aromatic carbocycles. The van der Waals surface area contributed by atoms with E-state index in [0.29, 0.717) is 30.9 Å². The lowest BCUT2D eigenvalue weighted by molar-refractivity contribution is -0.122. The molecule has 138 valence electrons. The van der Waals surface area contributed by atoms with Crippen molar-refractivity contribution in [2.75, 3.05) is 32.7 Å². The summed E-state index contributed by atoms with van der Waals surface area (Å²) in [6, 6.07) is 8.50. The Labute approximate surface area is 153 Å². The molecule has 0 bridgehead atoms. The van der Waals surface area contributed by atoms with Crippen molar-refractivity contribution in [1.82, 2.24) is 25.3 Å². The van der Waals surface area contributed by atoms with Gasteiger partial charge in [0, 0.05) is 37.8 Å². The van der Waals surface area contributed by atoms with Crippen molar-refractivity contribution in [3.8, 4) is 11.5 Å². The summed E-state index contributed by atoms with van der Waals surface area (Å²) in [6.45, 7) is 6.78. The van der Waals surface area contributed by atoms with E-state index in [1.807, 2.05) is 31.2 Å². The van der Waals surface area contributed by atoms with E-state index in [1.165, 1.54) is 5.56 Å². The van der Waals surface area contributed by atoms with Crippen molar-refractivity contribution in [2.24, 2.45) is 0 Å². The summed E-state index contributed by atoms with van der Waals surface area (Å²) in [5, 5.41) is 11.4. The van der Waals surface area contributed by atoms with E-state index in [9.17, 15) is 4.79 Å². The van der Waals surface area contributed by atoms with Crippen molar-refractivity contribution < 1.29 is 9.21 Å². The summed E-state index contributed by atoms with van der Waals surface area (Å²) >= 11 is 0. The summed E-state index contributed by atoms with van der Waals surface area (Å²) in [6.07, 6.45) is 2.27. The lowest BCUT2D eigenvalue weighted by atomic mass is 10.1. The van der Waals surface area contributed by atoms with E-state index < -0.39 is 0 Å². The lowest BCUT2D eigenvalue weighted by Gasteiger charge is -2.33. The Balaban J connectivity index is 1.26. The van der Waals surface area contributed by atoms with Crippen LogP contribution in [0.4, 0.5) is 0 Å². The second kappa shape index (κ2) is 7.55. The number of nitrogens with one attached hydrogen (secondary N) is 1. The first-order valence-electron chi connectivity index (χ1n) is 9.29. The number of nitrogens with zero attached hydrogens (tertiary/aromatic N) is 4. The van der Waals surface area contributed by atoms with Gasteiger partial charge in [0.1, 0.15) is 0 Å². The number of carbonyl (C=O) groups excluding carboxylic acids is 1. The van der Waals surface area contributed by atoms with Crippen molar-refractivity contribution in [3.63, 3.8) is 0 Å². The molecule has 1 aliphatic carbocycles. The van der Waals surface area contributed by atoms with Crippen LogP contribution in [0, 0.1) is 6.92 Å². The summed E-state index contributed by atoms with van der Waals surface area (Å²) in [5.74, 6) is 1.36.